The summed E-state index contributed by atoms with van der Waals surface area (Å²) < 4.78 is 0.981. The van der Waals surface area contributed by atoms with Crippen LogP contribution in [0, 0.1) is 0 Å². The third-order valence-corrected chi connectivity index (χ3v) is 4.00. The van der Waals surface area contributed by atoms with E-state index < -0.39 is 0 Å². The van der Waals surface area contributed by atoms with Crippen LogP contribution in [-0.2, 0) is 6.54 Å². The molecule has 0 fully saturated rings. The standard InChI is InChI=1S/C12H13BrN4OS/c1-15-12-17-10(14)9(19-12)11(18)16-6-7-3-2-4-8(13)5-7/h2-5H,6,14H2,1H3,(H,15,17)(H,16,18). The van der Waals surface area contributed by atoms with Crippen LogP contribution in [0.1, 0.15) is 15.2 Å². The number of hydrogen-bond acceptors (Lipinski definition) is 5. The summed E-state index contributed by atoms with van der Waals surface area (Å²) in [6, 6.07) is 7.76. The van der Waals surface area contributed by atoms with E-state index >= 15 is 0 Å². The first-order valence-electron chi connectivity index (χ1n) is 5.57. The molecule has 0 radical (unpaired) electrons. The molecule has 0 saturated carbocycles. The number of nitrogens with two attached hydrogens (primary N) is 1. The Morgan fingerprint density at radius 2 is 2.32 bits per heavy atom. The molecule has 0 atom stereocenters. The van der Waals surface area contributed by atoms with Gasteiger partial charge in [-0.2, -0.15) is 0 Å². The molecule has 0 aliphatic heterocycles. The van der Waals surface area contributed by atoms with Crippen molar-refractivity contribution in [2.24, 2.45) is 0 Å². The number of amides is 1. The molecule has 1 amide bonds. The molecule has 0 aliphatic rings. The lowest BCUT2D eigenvalue weighted by Crippen LogP contribution is -2.22. The Morgan fingerprint density at radius 3 is 2.95 bits per heavy atom. The highest BCUT2D eigenvalue weighted by atomic mass is 79.9. The van der Waals surface area contributed by atoms with Gasteiger partial charge < -0.3 is 16.4 Å². The zero-order chi connectivity index (χ0) is 13.8. The molecule has 0 saturated heterocycles. The number of anilines is 2. The Balaban J connectivity index is 2.03. The molecular formula is C12H13BrN4OS. The average molecular weight is 341 g/mol. The van der Waals surface area contributed by atoms with Crippen molar-refractivity contribution in [2.75, 3.05) is 18.1 Å². The monoisotopic (exact) mass is 340 g/mol. The number of carbonyl (C=O) groups excluding carboxylic acids is 1. The number of nitrogen functional groups attached to an aromatic ring is 1. The smallest absolute Gasteiger partial charge is 0.265 e. The van der Waals surface area contributed by atoms with E-state index in [0.717, 1.165) is 10.0 Å². The summed E-state index contributed by atoms with van der Waals surface area (Å²) in [5, 5.41) is 6.32. The molecule has 7 heteroatoms. The summed E-state index contributed by atoms with van der Waals surface area (Å²) in [5.74, 6) is 0.0394. The van der Waals surface area contributed by atoms with Crippen molar-refractivity contribution in [3.05, 3.63) is 39.2 Å². The number of nitrogens with one attached hydrogen (secondary N) is 2. The number of halogens is 1. The quantitative estimate of drug-likeness (QED) is 0.798. The van der Waals surface area contributed by atoms with Crippen LogP contribution in [0.5, 0.6) is 0 Å². The van der Waals surface area contributed by atoms with E-state index in [4.69, 9.17) is 5.73 Å². The van der Waals surface area contributed by atoms with Gasteiger partial charge in [0.1, 0.15) is 10.7 Å². The summed E-state index contributed by atoms with van der Waals surface area (Å²) >= 11 is 4.63. The molecule has 4 N–H and O–H groups in total. The average Bonchev–Trinajstić information content (AvgIpc) is 2.77. The first-order valence-corrected chi connectivity index (χ1v) is 7.18. The molecule has 0 unspecified atom stereocenters. The fourth-order valence-corrected chi connectivity index (χ4v) is 2.71. The van der Waals surface area contributed by atoms with Crippen LogP contribution in [0.3, 0.4) is 0 Å². The maximum Gasteiger partial charge on any atom is 0.265 e. The van der Waals surface area contributed by atoms with Crippen LogP contribution in [0.15, 0.2) is 28.7 Å². The number of nitrogens with zero attached hydrogens (tertiary/aromatic N) is 1. The van der Waals surface area contributed by atoms with Gasteiger partial charge in [0.2, 0.25) is 0 Å². The molecule has 2 rings (SSSR count). The lowest BCUT2D eigenvalue weighted by atomic mass is 10.2. The van der Waals surface area contributed by atoms with Gasteiger partial charge in [-0.1, -0.05) is 39.4 Å². The van der Waals surface area contributed by atoms with E-state index in [1.165, 1.54) is 11.3 Å². The molecule has 2 aromatic rings. The normalized spacial score (nSPS) is 10.2. The van der Waals surface area contributed by atoms with Gasteiger partial charge in [-0.3, -0.25) is 4.79 Å². The second-order valence-corrected chi connectivity index (χ2v) is 5.71. The van der Waals surface area contributed by atoms with Crippen molar-refractivity contribution >= 4 is 44.1 Å². The van der Waals surface area contributed by atoms with E-state index in [1.54, 1.807) is 7.05 Å². The zero-order valence-corrected chi connectivity index (χ0v) is 12.6. The van der Waals surface area contributed by atoms with Crippen LogP contribution in [-0.4, -0.2) is 17.9 Å². The maximum absolute atomic E-state index is 12.0. The largest absolute Gasteiger partial charge is 0.382 e. The second-order valence-electron chi connectivity index (χ2n) is 3.80. The molecule has 0 bridgehead atoms. The molecule has 0 spiro atoms. The van der Waals surface area contributed by atoms with Crippen LogP contribution < -0.4 is 16.4 Å². The van der Waals surface area contributed by atoms with Gasteiger partial charge in [0, 0.05) is 18.1 Å². The Labute approximate surface area is 123 Å². The van der Waals surface area contributed by atoms with E-state index in [-0.39, 0.29) is 11.7 Å². The number of carbonyl (C=O) groups is 1. The first-order chi connectivity index (χ1) is 9.10. The van der Waals surface area contributed by atoms with Gasteiger partial charge in [-0.05, 0) is 17.7 Å². The molecule has 5 nitrogen and oxygen atoms in total. The summed E-state index contributed by atoms with van der Waals surface area (Å²) in [6.45, 7) is 0.449. The number of benzene rings is 1. The Hall–Kier alpha value is -1.60. The Morgan fingerprint density at radius 1 is 1.53 bits per heavy atom. The van der Waals surface area contributed by atoms with Gasteiger partial charge in [-0.25, -0.2) is 4.98 Å². The molecule has 0 aliphatic carbocycles. The number of thiazole rings is 1. The number of rotatable bonds is 4. The fourth-order valence-electron chi connectivity index (χ4n) is 1.51. The van der Waals surface area contributed by atoms with Gasteiger partial charge in [0.05, 0.1) is 0 Å². The molecule has 1 aromatic carbocycles. The van der Waals surface area contributed by atoms with Gasteiger partial charge in [-0.15, -0.1) is 0 Å². The second kappa shape index (κ2) is 6.03. The van der Waals surface area contributed by atoms with E-state index in [2.05, 4.69) is 31.5 Å². The predicted octanol–water partition coefficient (Wildman–Crippen LogP) is 2.46. The Kier molecular flexibility index (Phi) is 4.39. The van der Waals surface area contributed by atoms with Crippen molar-refractivity contribution in [3.63, 3.8) is 0 Å². The first kappa shape index (κ1) is 13.8. The Bertz CT molecular complexity index is 599. The van der Waals surface area contributed by atoms with Gasteiger partial charge in [0.25, 0.3) is 5.91 Å². The molecular weight excluding hydrogens is 328 g/mol. The molecule has 1 aromatic heterocycles. The van der Waals surface area contributed by atoms with Crippen LogP contribution in [0.25, 0.3) is 0 Å². The zero-order valence-electron chi connectivity index (χ0n) is 10.2. The summed E-state index contributed by atoms with van der Waals surface area (Å²) in [6.07, 6.45) is 0. The number of aromatic nitrogens is 1. The van der Waals surface area contributed by atoms with Crippen molar-refractivity contribution in [1.82, 2.24) is 10.3 Å². The van der Waals surface area contributed by atoms with E-state index in [0.29, 0.717) is 16.6 Å². The van der Waals surface area contributed by atoms with Gasteiger partial charge in [0.15, 0.2) is 5.13 Å². The van der Waals surface area contributed by atoms with Crippen molar-refractivity contribution in [2.45, 2.75) is 6.54 Å². The highest BCUT2D eigenvalue weighted by molar-refractivity contribution is 9.10. The van der Waals surface area contributed by atoms with Crippen LogP contribution in [0.2, 0.25) is 0 Å². The molecule has 100 valence electrons. The number of hydrogen-bond donors (Lipinski definition) is 3. The minimum Gasteiger partial charge on any atom is -0.382 e. The summed E-state index contributed by atoms with van der Waals surface area (Å²) in [5.41, 5.74) is 6.72. The highest BCUT2D eigenvalue weighted by Crippen LogP contribution is 2.24. The molecule has 1 heterocycles. The van der Waals surface area contributed by atoms with Crippen LogP contribution >= 0.6 is 27.3 Å². The minimum atomic E-state index is -0.212. The SMILES string of the molecule is CNc1nc(N)c(C(=O)NCc2cccc(Br)c2)s1. The van der Waals surface area contributed by atoms with Gasteiger partial charge >= 0.3 is 0 Å². The summed E-state index contributed by atoms with van der Waals surface area (Å²) in [4.78, 5) is 16.5. The maximum atomic E-state index is 12.0. The third kappa shape index (κ3) is 3.45. The third-order valence-electron chi connectivity index (χ3n) is 2.42. The van der Waals surface area contributed by atoms with Crippen molar-refractivity contribution in [3.8, 4) is 0 Å². The predicted molar refractivity (Wildman–Crippen MR) is 81.4 cm³/mol. The lowest BCUT2D eigenvalue weighted by Gasteiger charge is -2.04. The van der Waals surface area contributed by atoms with E-state index in [1.807, 2.05) is 24.3 Å². The van der Waals surface area contributed by atoms with Crippen molar-refractivity contribution in [1.29, 1.82) is 0 Å². The van der Waals surface area contributed by atoms with Crippen molar-refractivity contribution < 1.29 is 4.79 Å². The molecule has 19 heavy (non-hydrogen) atoms. The minimum absolute atomic E-state index is 0.212. The lowest BCUT2D eigenvalue weighted by molar-refractivity contribution is 0.0955. The fraction of sp³-hybridized carbons (Fsp3) is 0.167. The summed E-state index contributed by atoms with van der Waals surface area (Å²) in [7, 11) is 1.74. The highest BCUT2D eigenvalue weighted by Gasteiger charge is 2.15. The van der Waals surface area contributed by atoms with E-state index in [9.17, 15) is 4.79 Å². The topological polar surface area (TPSA) is 80.0 Å². The van der Waals surface area contributed by atoms with Crippen LogP contribution in [0.4, 0.5) is 10.9 Å².